The summed E-state index contributed by atoms with van der Waals surface area (Å²) in [6, 6.07) is 7.47. The third-order valence-corrected chi connectivity index (χ3v) is 4.43. The Balaban J connectivity index is 1.90. The molecular formula is C16H22N2OS. The van der Waals surface area contributed by atoms with E-state index in [-0.39, 0.29) is 5.91 Å². The topological polar surface area (TPSA) is 55.1 Å². The third kappa shape index (κ3) is 3.79. The summed E-state index contributed by atoms with van der Waals surface area (Å²) in [5.74, 6) is 0.840. The second kappa shape index (κ2) is 6.84. The summed E-state index contributed by atoms with van der Waals surface area (Å²) >= 11 is 4.90. The van der Waals surface area contributed by atoms with Gasteiger partial charge >= 0.3 is 0 Å². The van der Waals surface area contributed by atoms with Gasteiger partial charge in [-0.1, -0.05) is 37.7 Å². The zero-order valence-electron chi connectivity index (χ0n) is 11.9. The van der Waals surface area contributed by atoms with E-state index in [1.165, 1.54) is 19.3 Å². The van der Waals surface area contributed by atoms with Crippen LogP contribution in [0.25, 0.3) is 0 Å². The Morgan fingerprint density at radius 2 is 1.75 bits per heavy atom. The van der Waals surface area contributed by atoms with Gasteiger partial charge in [0.25, 0.3) is 5.91 Å². The molecular weight excluding hydrogens is 268 g/mol. The first-order valence-corrected chi connectivity index (χ1v) is 7.71. The summed E-state index contributed by atoms with van der Waals surface area (Å²) in [6.45, 7) is 2.24. The fourth-order valence-electron chi connectivity index (χ4n) is 2.77. The Morgan fingerprint density at radius 1 is 1.20 bits per heavy atom. The minimum Gasteiger partial charge on any atom is -0.389 e. The molecule has 3 nitrogen and oxygen atoms in total. The highest BCUT2D eigenvalue weighted by Gasteiger charge is 2.21. The van der Waals surface area contributed by atoms with Crippen LogP contribution in [0, 0.1) is 5.92 Å². The van der Waals surface area contributed by atoms with Gasteiger partial charge in [0.1, 0.15) is 4.99 Å². The quantitative estimate of drug-likeness (QED) is 0.838. The molecule has 3 N–H and O–H groups in total. The Bertz CT molecular complexity index is 476. The first-order chi connectivity index (χ1) is 9.60. The summed E-state index contributed by atoms with van der Waals surface area (Å²) in [6.07, 6.45) is 5.88. The number of nitrogens with one attached hydrogen (secondary N) is 1. The van der Waals surface area contributed by atoms with Gasteiger partial charge in [0, 0.05) is 17.2 Å². The van der Waals surface area contributed by atoms with Gasteiger partial charge in [-0.3, -0.25) is 4.79 Å². The van der Waals surface area contributed by atoms with Gasteiger partial charge in [-0.05, 0) is 43.7 Å². The molecule has 0 spiro atoms. The maximum absolute atomic E-state index is 12.2. The zero-order chi connectivity index (χ0) is 14.5. The second-order valence-corrected chi connectivity index (χ2v) is 5.98. The maximum atomic E-state index is 12.2. The van der Waals surface area contributed by atoms with Crippen LogP contribution in [0.2, 0.25) is 0 Å². The molecule has 1 amide bonds. The van der Waals surface area contributed by atoms with E-state index >= 15 is 0 Å². The van der Waals surface area contributed by atoms with Crippen LogP contribution in [-0.4, -0.2) is 16.9 Å². The molecule has 4 heteroatoms. The summed E-state index contributed by atoms with van der Waals surface area (Å²) < 4.78 is 0. The first kappa shape index (κ1) is 15.0. The highest BCUT2D eigenvalue weighted by atomic mass is 32.1. The van der Waals surface area contributed by atoms with Crippen molar-refractivity contribution in [2.24, 2.45) is 11.7 Å². The number of hydrogen-bond acceptors (Lipinski definition) is 2. The van der Waals surface area contributed by atoms with Gasteiger partial charge in [-0.25, -0.2) is 0 Å². The van der Waals surface area contributed by atoms with Crippen molar-refractivity contribution in [1.82, 2.24) is 5.32 Å². The lowest BCUT2D eigenvalue weighted by atomic mass is 9.84. The Labute approximate surface area is 125 Å². The zero-order valence-corrected chi connectivity index (χ0v) is 12.7. The maximum Gasteiger partial charge on any atom is 0.251 e. The molecule has 1 aromatic carbocycles. The van der Waals surface area contributed by atoms with Crippen molar-refractivity contribution in [3.63, 3.8) is 0 Å². The number of carbonyl (C=O) groups is 1. The van der Waals surface area contributed by atoms with Gasteiger partial charge in [0.2, 0.25) is 0 Å². The largest absolute Gasteiger partial charge is 0.389 e. The minimum absolute atomic E-state index is 0.000520. The monoisotopic (exact) mass is 290 g/mol. The van der Waals surface area contributed by atoms with Crippen molar-refractivity contribution >= 4 is 23.1 Å². The van der Waals surface area contributed by atoms with E-state index in [1.54, 1.807) is 24.3 Å². The van der Waals surface area contributed by atoms with Crippen molar-refractivity contribution in [2.45, 2.75) is 45.1 Å². The van der Waals surface area contributed by atoms with Gasteiger partial charge in [0.15, 0.2) is 0 Å². The van der Waals surface area contributed by atoms with Crippen LogP contribution in [-0.2, 0) is 0 Å². The second-order valence-electron chi connectivity index (χ2n) is 5.54. The lowest BCUT2D eigenvalue weighted by Crippen LogP contribution is -2.37. The summed E-state index contributed by atoms with van der Waals surface area (Å²) in [4.78, 5) is 12.5. The van der Waals surface area contributed by atoms with Crippen LogP contribution in [0.4, 0.5) is 0 Å². The number of amides is 1. The smallest absolute Gasteiger partial charge is 0.251 e. The lowest BCUT2D eigenvalue weighted by Gasteiger charge is -2.28. The third-order valence-electron chi connectivity index (χ3n) is 4.19. The van der Waals surface area contributed by atoms with Crippen LogP contribution in [0.1, 0.15) is 54.9 Å². The molecule has 0 aliphatic heterocycles. The molecule has 1 aliphatic carbocycles. The molecule has 108 valence electrons. The summed E-state index contributed by atoms with van der Waals surface area (Å²) in [5, 5.41) is 3.13. The highest BCUT2D eigenvalue weighted by Crippen LogP contribution is 2.26. The summed E-state index contributed by atoms with van der Waals surface area (Å²) in [7, 11) is 0. The molecule has 0 aromatic heterocycles. The molecule has 0 bridgehead atoms. The fourth-order valence-corrected chi connectivity index (χ4v) is 2.91. The number of nitrogens with two attached hydrogens (primary N) is 1. The normalized spacial score (nSPS) is 22.2. The Hall–Kier alpha value is -1.42. The van der Waals surface area contributed by atoms with Gasteiger partial charge in [-0.2, -0.15) is 0 Å². The molecule has 1 aliphatic rings. The fraction of sp³-hybridized carbons (Fsp3) is 0.500. The Morgan fingerprint density at radius 3 is 2.25 bits per heavy atom. The standard InChI is InChI=1S/C16H22N2OS/c1-2-11-3-9-14(10-4-11)18-16(19)13-7-5-12(6-8-13)15(17)20/h5-8,11,14H,2-4,9-10H2,1H3,(H2,17,20)(H,18,19). The molecule has 1 saturated carbocycles. The predicted octanol–water partition coefficient (Wildman–Crippen LogP) is 3.02. The number of rotatable bonds is 4. The van der Waals surface area contributed by atoms with Crippen LogP contribution >= 0.6 is 12.2 Å². The van der Waals surface area contributed by atoms with Crippen molar-refractivity contribution in [1.29, 1.82) is 0 Å². The number of carbonyl (C=O) groups excluding carboxylic acids is 1. The average molecular weight is 290 g/mol. The number of benzene rings is 1. The van der Waals surface area contributed by atoms with E-state index in [1.807, 2.05) is 0 Å². The van der Waals surface area contributed by atoms with Crippen LogP contribution in [0.15, 0.2) is 24.3 Å². The lowest BCUT2D eigenvalue weighted by molar-refractivity contribution is 0.0921. The first-order valence-electron chi connectivity index (χ1n) is 7.31. The van der Waals surface area contributed by atoms with Crippen LogP contribution in [0.5, 0.6) is 0 Å². The van der Waals surface area contributed by atoms with Crippen molar-refractivity contribution in [3.05, 3.63) is 35.4 Å². The predicted molar refractivity (Wildman–Crippen MR) is 85.8 cm³/mol. The van der Waals surface area contributed by atoms with E-state index in [0.29, 0.717) is 16.6 Å². The van der Waals surface area contributed by atoms with Crippen molar-refractivity contribution in [3.8, 4) is 0 Å². The van der Waals surface area contributed by atoms with E-state index < -0.39 is 0 Å². The number of thiocarbonyl (C=S) groups is 1. The van der Waals surface area contributed by atoms with Crippen LogP contribution < -0.4 is 11.1 Å². The molecule has 1 fully saturated rings. The molecule has 0 unspecified atom stereocenters. The summed E-state index contributed by atoms with van der Waals surface area (Å²) in [5.41, 5.74) is 7.01. The Kier molecular flexibility index (Phi) is 5.12. The number of hydrogen-bond donors (Lipinski definition) is 2. The highest BCUT2D eigenvalue weighted by molar-refractivity contribution is 7.80. The van der Waals surface area contributed by atoms with E-state index in [2.05, 4.69) is 12.2 Å². The minimum atomic E-state index is -0.000520. The van der Waals surface area contributed by atoms with Gasteiger partial charge in [0.05, 0.1) is 0 Å². The van der Waals surface area contributed by atoms with E-state index in [4.69, 9.17) is 18.0 Å². The average Bonchev–Trinajstić information content (AvgIpc) is 2.48. The molecule has 0 atom stereocenters. The molecule has 0 radical (unpaired) electrons. The van der Waals surface area contributed by atoms with Crippen LogP contribution in [0.3, 0.4) is 0 Å². The van der Waals surface area contributed by atoms with E-state index in [0.717, 1.165) is 24.3 Å². The molecule has 0 saturated heterocycles. The molecule has 2 rings (SSSR count). The van der Waals surface area contributed by atoms with Gasteiger partial charge in [-0.15, -0.1) is 0 Å². The van der Waals surface area contributed by atoms with Crippen molar-refractivity contribution in [2.75, 3.05) is 0 Å². The van der Waals surface area contributed by atoms with Gasteiger partial charge < -0.3 is 11.1 Å². The molecule has 20 heavy (non-hydrogen) atoms. The molecule has 0 heterocycles. The molecule has 1 aromatic rings. The SMILES string of the molecule is CCC1CCC(NC(=O)c2ccc(C(N)=S)cc2)CC1. The van der Waals surface area contributed by atoms with Crippen molar-refractivity contribution < 1.29 is 4.79 Å². The van der Waals surface area contributed by atoms with E-state index in [9.17, 15) is 4.79 Å².